The van der Waals surface area contributed by atoms with Crippen molar-refractivity contribution in [3.8, 4) is 0 Å². The van der Waals surface area contributed by atoms with Gasteiger partial charge in [0.15, 0.2) is 5.96 Å². The summed E-state index contributed by atoms with van der Waals surface area (Å²) >= 11 is 5.95. The van der Waals surface area contributed by atoms with Gasteiger partial charge in [0.2, 0.25) is 10.0 Å². The van der Waals surface area contributed by atoms with Crippen LogP contribution in [0.15, 0.2) is 29.3 Å². The lowest BCUT2D eigenvalue weighted by atomic mass is 10.1. The van der Waals surface area contributed by atoms with Crippen molar-refractivity contribution in [1.29, 1.82) is 0 Å². The minimum absolute atomic E-state index is 0. The molecule has 1 aliphatic carbocycles. The third-order valence-electron chi connectivity index (χ3n) is 5.31. The number of piperazine rings is 1. The summed E-state index contributed by atoms with van der Waals surface area (Å²) in [4.78, 5) is 8.98. The fraction of sp³-hybridized carbons (Fsp3) is 0.611. The van der Waals surface area contributed by atoms with E-state index in [9.17, 15) is 8.42 Å². The highest BCUT2D eigenvalue weighted by Crippen LogP contribution is 2.26. The van der Waals surface area contributed by atoms with Gasteiger partial charge in [-0.2, -0.15) is 0 Å². The molecule has 28 heavy (non-hydrogen) atoms. The van der Waals surface area contributed by atoms with Gasteiger partial charge >= 0.3 is 0 Å². The molecule has 0 radical (unpaired) electrons. The van der Waals surface area contributed by atoms with Gasteiger partial charge in [-0.1, -0.05) is 18.0 Å². The Hall–Kier alpha value is -0.780. The number of hydrogen-bond acceptors (Lipinski definition) is 4. The number of anilines is 1. The monoisotopic (exact) mass is 541 g/mol. The van der Waals surface area contributed by atoms with Gasteiger partial charge in [0.05, 0.1) is 6.26 Å². The van der Waals surface area contributed by atoms with Crippen molar-refractivity contribution in [3.63, 3.8) is 0 Å². The Balaban J connectivity index is 0.00000280. The first-order valence-electron chi connectivity index (χ1n) is 9.34. The number of nitrogens with zero attached hydrogens (tertiary/aromatic N) is 3. The molecule has 1 aromatic rings. The predicted octanol–water partition coefficient (Wildman–Crippen LogP) is 2.11. The first-order chi connectivity index (χ1) is 12.8. The fourth-order valence-corrected chi connectivity index (χ4v) is 4.83. The molecule has 1 saturated heterocycles. The zero-order valence-corrected chi connectivity index (χ0v) is 20.0. The van der Waals surface area contributed by atoms with Gasteiger partial charge in [0.1, 0.15) is 0 Å². The Bertz CT molecular complexity index is 767. The van der Waals surface area contributed by atoms with E-state index in [0.717, 1.165) is 56.2 Å². The van der Waals surface area contributed by atoms with Crippen molar-refractivity contribution in [2.24, 2.45) is 16.6 Å². The molecular formula is C18H29ClIN5O2S. The summed E-state index contributed by atoms with van der Waals surface area (Å²) in [5.41, 5.74) is 7.37. The molecule has 0 amide bonds. The zero-order chi connectivity index (χ0) is 19.4. The van der Waals surface area contributed by atoms with E-state index in [2.05, 4.69) is 19.5 Å². The van der Waals surface area contributed by atoms with Gasteiger partial charge in [-0.3, -0.25) is 4.99 Å². The number of guanidine groups is 1. The van der Waals surface area contributed by atoms with Crippen LogP contribution < -0.4 is 15.4 Å². The van der Waals surface area contributed by atoms with Crippen LogP contribution in [-0.4, -0.2) is 64.3 Å². The molecule has 2 atom stereocenters. The Morgan fingerprint density at radius 1 is 1.21 bits per heavy atom. The molecule has 2 fully saturated rings. The lowest BCUT2D eigenvalue weighted by molar-refractivity contribution is 0.377. The molecule has 1 saturated carbocycles. The van der Waals surface area contributed by atoms with Crippen LogP contribution in [0.1, 0.15) is 19.3 Å². The fourth-order valence-electron chi connectivity index (χ4n) is 3.84. The highest BCUT2D eigenvalue weighted by molar-refractivity contribution is 14.0. The number of hydrogen-bond donors (Lipinski definition) is 2. The second-order valence-corrected chi connectivity index (χ2v) is 9.55. The Labute approximate surface area is 189 Å². The van der Waals surface area contributed by atoms with Gasteiger partial charge in [0.25, 0.3) is 0 Å². The van der Waals surface area contributed by atoms with E-state index in [1.54, 1.807) is 0 Å². The quantitative estimate of drug-likeness (QED) is 0.339. The average Bonchev–Trinajstić information content (AvgIpc) is 3.05. The number of aliphatic imine (C=N–C) groups is 1. The maximum absolute atomic E-state index is 11.5. The number of nitrogens with two attached hydrogens (primary N) is 1. The lowest BCUT2D eigenvalue weighted by Gasteiger charge is -2.36. The molecule has 3 N–H and O–H groups in total. The highest BCUT2D eigenvalue weighted by atomic mass is 127. The standard InChI is InChI=1S/C18H28ClN5O2S.HI/c1-27(25,26)22-17-4-2-3-14(17)13-21-18(20)24-11-9-23(10-12-24)16-7-5-15(19)6-8-16;/h5-8,14,17,22H,2-4,9-13H2,1H3,(H2,20,21);1H. The number of nitrogens with one attached hydrogen (secondary N) is 1. The normalized spacial score (nSPS) is 23.6. The third kappa shape index (κ3) is 6.64. The van der Waals surface area contributed by atoms with Crippen molar-refractivity contribution < 1.29 is 8.42 Å². The summed E-state index contributed by atoms with van der Waals surface area (Å²) in [6, 6.07) is 7.84. The van der Waals surface area contributed by atoms with Crippen LogP contribution in [0.5, 0.6) is 0 Å². The zero-order valence-electron chi connectivity index (χ0n) is 16.1. The Morgan fingerprint density at radius 2 is 1.86 bits per heavy atom. The average molecular weight is 542 g/mol. The predicted molar refractivity (Wildman–Crippen MR) is 126 cm³/mol. The van der Waals surface area contributed by atoms with Crippen LogP contribution in [0, 0.1) is 5.92 Å². The van der Waals surface area contributed by atoms with Gasteiger partial charge in [-0.05, 0) is 43.0 Å². The maximum Gasteiger partial charge on any atom is 0.208 e. The SMILES string of the molecule is CS(=O)(=O)NC1CCCC1CN=C(N)N1CCN(c2ccc(Cl)cc2)CC1.I. The molecule has 3 rings (SSSR count). The topological polar surface area (TPSA) is 91.0 Å². The number of halogens is 2. The van der Waals surface area contributed by atoms with Crippen molar-refractivity contribution in [3.05, 3.63) is 29.3 Å². The van der Waals surface area contributed by atoms with Crippen LogP contribution in [-0.2, 0) is 10.0 Å². The molecule has 158 valence electrons. The summed E-state index contributed by atoms with van der Waals surface area (Å²) < 4.78 is 25.7. The molecule has 0 aromatic heterocycles. The van der Waals surface area contributed by atoms with Crippen molar-refractivity contribution in [2.45, 2.75) is 25.3 Å². The first-order valence-corrected chi connectivity index (χ1v) is 11.6. The van der Waals surface area contributed by atoms with Crippen LogP contribution in [0.3, 0.4) is 0 Å². The van der Waals surface area contributed by atoms with Gasteiger partial charge in [0, 0.05) is 49.5 Å². The highest BCUT2D eigenvalue weighted by Gasteiger charge is 2.29. The summed E-state index contributed by atoms with van der Waals surface area (Å²) in [6.45, 7) is 3.94. The number of rotatable bonds is 5. The van der Waals surface area contributed by atoms with E-state index >= 15 is 0 Å². The summed E-state index contributed by atoms with van der Waals surface area (Å²) in [7, 11) is -3.19. The summed E-state index contributed by atoms with van der Waals surface area (Å²) in [6.07, 6.45) is 4.08. The number of benzene rings is 1. The van der Waals surface area contributed by atoms with Crippen molar-refractivity contribution >= 4 is 57.2 Å². The molecule has 0 spiro atoms. The summed E-state index contributed by atoms with van der Waals surface area (Å²) in [5, 5.41) is 0.740. The molecular weight excluding hydrogens is 513 g/mol. The van der Waals surface area contributed by atoms with Gasteiger partial charge in [-0.25, -0.2) is 13.1 Å². The van der Waals surface area contributed by atoms with Crippen LogP contribution in [0.4, 0.5) is 5.69 Å². The molecule has 2 aliphatic rings. The molecule has 1 aliphatic heterocycles. The minimum Gasteiger partial charge on any atom is -0.370 e. The molecule has 1 aromatic carbocycles. The molecule has 10 heteroatoms. The van der Waals surface area contributed by atoms with Crippen LogP contribution in [0.2, 0.25) is 5.02 Å². The van der Waals surface area contributed by atoms with E-state index < -0.39 is 10.0 Å². The summed E-state index contributed by atoms with van der Waals surface area (Å²) in [5.74, 6) is 0.768. The molecule has 7 nitrogen and oxygen atoms in total. The molecule has 1 heterocycles. The van der Waals surface area contributed by atoms with Crippen LogP contribution >= 0.6 is 35.6 Å². The second kappa shape index (κ2) is 10.3. The maximum atomic E-state index is 11.5. The van der Waals surface area contributed by atoms with Gasteiger partial charge in [-0.15, -0.1) is 24.0 Å². The largest absolute Gasteiger partial charge is 0.370 e. The van der Waals surface area contributed by atoms with E-state index in [-0.39, 0.29) is 35.9 Å². The second-order valence-electron chi connectivity index (χ2n) is 7.34. The molecule has 2 unspecified atom stereocenters. The third-order valence-corrected chi connectivity index (χ3v) is 6.29. The van der Waals surface area contributed by atoms with Crippen LogP contribution in [0.25, 0.3) is 0 Å². The minimum atomic E-state index is -3.19. The lowest BCUT2D eigenvalue weighted by Crippen LogP contribution is -2.51. The molecule has 0 bridgehead atoms. The Morgan fingerprint density at radius 3 is 2.46 bits per heavy atom. The smallest absolute Gasteiger partial charge is 0.208 e. The van der Waals surface area contributed by atoms with E-state index in [1.807, 2.05) is 24.3 Å². The van der Waals surface area contributed by atoms with E-state index in [0.29, 0.717) is 12.5 Å². The number of sulfonamides is 1. The van der Waals surface area contributed by atoms with E-state index in [1.165, 1.54) is 6.26 Å². The first kappa shape index (κ1) is 23.5. The van der Waals surface area contributed by atoms with Gasteiger partial charge < -0.3 is 15.5 Å². The van der Waals surface area contributed by atoms with E-state index in [4.69, 9.17) is 17.3 Å². The van der Waals surface area contributed by atoms with Crippen molar-refractivity contribution in [2.75, 3.05) is 43.9 Å². The Kier molecular flexibility index (Phi) is 8.65. The van der Waals surface area contributed by atoms with Crippen molar-refractivity contribution in [1.82, 2.24) is 9.62 Å².